The van der Waals surface area contributed by atoms with Crippen LogP contribution in [0.4, 0.5) is 13.2 Å². The SMILES string of the molecule is CCc1ccc(/C=C/C2CCC(c3ccc(C4CCC(C)CC4)c(F)c3F)CC2)cc1F. The molecular weight excluding hydrogens is 405 g/mol. The third kappa shape index (κ3) is 5.13. The highest BCUT2D eigenvalue weighted by Crippen LogP contribution is 2.41. The van der Waals surface area contributed by atoms with Gasteiger partial charge >= 0.3 is 0 Å². The van der Waals surface area contributed by atoms with Gasteiger partial charge in [0.15, 0.2) is 11.6 Å². The van der Waals surface area contributed by atoms with E-state index in [-0.39, 0.29) is 17.7 Å². The first-order chi connectivity index (χ1) is 15.5. The molecule has 2 aliphatic rings. The number of benzene rings is 2. The highest BCUT2D eigenvalue weighted by molar-refractivity contribution is 5.50. The Morgan fingerprint density at radius 3 is 1.88 bits per heavy atom. The molecule has 3 heteroatoms. The molecule has 0 amide bonds. The second kappa shape index (κ2) is 10.3. The van der Waals surface area contributed by atoms with Crippen LogP contribution in [0.5, 0.6) is 0 Å². The van der Waals surface area contributed by atoms with Crippen molar-refractivity contribution in [3.63, 3.8) is 0 Å². The topological polar surface area (TPSA) is 0 Å². The van der Waals surface area contributed by atoms with Gasteiger partial charge in [-0.1, -0.05) is 63.1 Å². The predicted molar refractivity (Wildman–Crippen MR) is 126 cm³/mol. The van der Waals surface area contributed by atoms with Crippen LogP contribution in [0.2, 0.25) is 0 Å². The van der Waals surface area contributed by atoms with Crippen molar-refractivity contribution in [3.05, 3.63) is 76.1 Å². The van der Waals surface area contributed by atoms with E-state index in [0.717, 1.165) is 62.5 Å². The Morgan fingerprint density at radius 2 is 1.34 bits per heavy atom. The number of hydrogen-bond donors (Lipinski definition) is 0. The minimum atomic E-state index is -0.619. The van der Waals surface area contributed by atoms with Gasteiger partial charge in [-0.15, -0.1) is 0 Å². The fourth-order valence-electron chi connectivity index (χ4n) is 5.60. The largest absolute Gasteiger partial charge is 0.207 e. The molecule has 0 aliphatic heterocycles. The second-order valence-electron chi connectivity index (χ2n) is 10.0. The van der Waals surface area contributed by atoms with Crippen molar-refractivity contribution in [2.45, 2.75) is 83.5 Å². The van der Waals surface area contributed by atoms with E-state index in [1.807, 2.05) is 37.3 Å². The van der Waals surface area contributed by atoms with E-state index in [1.165, 1.54) is 0 Å². The molecular formula is C29H35F3. The summed E-state index contributed by atoms with van der Waals surface area (Å²) < 4.78 is 44.0. The van der Waals surface area contributed by atoms with Crippen molar-refractivity contribution < 1.29 is 13.2 Å². The van der Waals surface area contributed by atoms with Gasteiger partial charge in [0.2, 0.25) is 0 Å². The Balaban J connectivity index is 1.37. The molecule has 0 saturated heterocycles. The Kier molecular flexibility index (Phi) is 7.43. The van der Waals surface area contributed by atoms with Gasteiger partial charge < -0.3 is 0 Å². The van der Waals surface area contributed by atoms with E-state index in [9.17, 15) is 8.78 Å². The maximum atomic E-state index is 15.0. The monoisotopic (exact) mass is 440 g/mol. The lowest BCUT2D eigenvalue weighted by molar-refractivity contribution is 0.336. The molecule has 0 heterocycles. The quantitative estimate of drug-likeness (QED) is 0.435. The van der Waals surface area contributed by atoms with Crippen molar-refractivity contribution >= 4 is 6.08 Å². The number of allylic oxidation sites excluding steroid dienone is 1. The van der Waals surface area contributed by atoms with Gasteiger partial charge in [0.05, 0.1) is 0 Å². The fourth-order valence-corrected chi connectivity index (χ4v) is 5.60. The summed E-state index contributed by atoms with van der Waals surface area (Å²) in [6.45, 7) is 4.19. The minimum absolute atomic E-state index is 0.0795. The lowest BCUT2D eigenvalue weighted by atomic mass is 9.76. The van der Waals surface area contributed by atoms with Crippen molar-refractivity contribution in [3.8, 4) is 0 Å². The van der Waals surface area contributed by atoms with Crippen LogP contribution in [-0.2, 0) is 6.42 Å². The van der Waals surface area contributed by atoms with Gasteiger partial charge in [0, 0.05) is 0 Å². The normalized spacial score (nSPS) is 26.5. The maximum absolute atomic E-state index is 15.0. The molecule has 0 radical (unpaired) electrons. The Labute approximate surface area is 190 Å². The van der Waals surface area contributed by atoms with E-state index in [2.05, 4.69) is 13.0 Å². The van der Waals surface area contributed by atoms with E-state index in [4.69, 9.17) is 0 Å². The van der Waals surface area contributed by atoms with Crippen LogP contribution >= 0.6 is 0 Å². The van der Waals surface area contributed by atoms with Crippen molar-refractivity contribution in [1.82, 2.24) is 0 Å². The van der Waals surface area contributed by atoms with Gasteiger partial charge in [-0.2, -0.15) is 0 Å². The highest BCUT2D eigenvalue weighted by Gasteiger charge is 2.28. The molecule has 0 atom stereocenters. The lowest BCUT2D eigenvalue weighted by Gasteiger charge is -2.29. The third-order valence-electron chi connectivity index (χ3n) is 7.83. The molecule has 2 aliphatic carbocycles. The Bertz CT molecular complexity index is 945. The minimum Gasteiger partial charge on any atom is -0.207 e. The molecule has 0 bridgehead atoms. The van der Waals surface area contributed by atoms with E-state index < -0.39 is 11.6 Å². The van der Waals surface area contributed by atoms with Crippen molar-refractivity contribution in [2.24, 2.45) is 11.8 Å². The van der Waals surface area contributed by atoms with Crippen LogP contribution < -0.4 is 0 Å². The zero-order valence-electron chi connectivity index (χ0n) is 19.3. The standard InChI is InChI=1S/C29H35F3/c1-3-22-13-10-21(18-27(22)30)7-6-20-8-14-24(15-9-20)26-17-16-25(28(31)29(26)32)23-11-4-19(2)5-12-23/h6-7,10,13,16-20,23-24H,3-5,8-9,11-12,14-15H2,1-2H3/b7-6+. The van der Waals surface area contributed by atoms with E-state index in [0.29, 0.717) is 29.4 Å². The summed E-state index contributed by atoms with van der Waals surface area (Å²) >= 11 is 0. The van der Waals surface area contributed by atoms with Gasteiger partial charge in [-0.25, -0.2) is 13.2 Å². The number of hydrogen-bond acceptors (Lipinski definition) is 0. The zero-order valence-corrected chi connectivity index (χ0v) is 19.3. The highest BCUT2D eigenvalue weighted by atomic mass is 19.2. The summed E-state index contributed by atoms with van der Waals surface area (Å²) in [5.74, 6) is -0.0491. The van der Waals surface area contributed by atoms with Gasteiger partial charge in [0.25, 0.3) is 0 Å². The molecule has 172 valence electrons. The first-order valence-corrected chi connectivity index (χ1v) is 12.4. The van der Waals surface area contributed by atoms with Crippen LogP contribution in [0.3, 0.4) is 0 Å². The summed E-state index contributed by atoms with van der Waals surface area (Å²) in [7, 11) is 0. The van der Waals surface area contributed by atoms with Gasteiger partial charge in [-0.05, 0) is 96.9 Å². The predicted octanol–water partition coefficient (Wildman–Crippen LogP) is 8.95. The van der Waals surface area contributed by atoms with Crippen LogP contribution in [0.25, 0.3) is 6.08 Å². The summed E-state index contributed by atoms with van der Waals surface area (Å²) in [6, 6.07) is 9.10. The first kappa shape index (κ1) is 23.1. The van der Waals surface area contributed by atoms with E-state index in [1.54, 1.807) is 6.07 Å². The van der Waals surface area contributed by atoms with E-state index >= 15 is 4.39 Å². The average Bonchev–Trinajstić information content (AvgIpc) is 2.81. The molecule has 2 aromatic carbocycles. The Hall–Kier alpha value is -2.03. The molecule has 2 fully saturated rings. The van der Waals surface area contributed by atoms with Crippen LogP contribution in [0.1, 0.15) is 99.3 Å². The van der Waals surface area contributed by atoms with Crippen molar-refractivity contribution in [1.29, 1.82) is 0 Å². The van der Waals surface area contributed by atoms with Crippen LogP contribution in [0.15, 0.2) is 36.4 Å². The van der Waals surface area contributed by atoms with Crippen molar-refractivity contribution in [2.75, 3.05) is 0 Å². The maximum Gasteiger partial charge on any atom is 0.162 e. The zero-order chi connectivity index (χ0) is 22.7. The number of halogens is 3. The van der Waals surface area contributed by atoms with Gasteiger partial charge in [0.1, 0.15) is 5.82 Å². The number of rotatable bonds is 5. The molecule has 2 aromatic rings. The summed E-state index contributed by atoms with van der Waals surface area (Å²) in [5.41, 5.74) is 2.75. The summed E-state index contributed by atoms with van der Waals surface area (Å²) in [4.78, 5) is 0. The molecule has 2 saturated carbocycles. The second-order valence-corrected chi connectivity index (χ2v) is 10.0. The fraction of sp³-hybridized carbons (Fsp3) is 0.517. The molecule has 0 N–H and O–H groups in total. The number of aryl methyl sites for hydroxylation is 1. The summed E-state index contributed by atoms with van der Waals surface area (Å²) in [6.07, 6.45) is 12.6. The molecule has 32 heavy (non-hydrogen) atoms. The molecule has 0 aromatic heterocycles. The first-order valence-electron chi connectivity index (χ1n) is 12.4. The summed E-state index contributed by atoms with van der Waals surface area (Å²) in [5, 5.41) is 0. The molecule has 4 rings (SSSR count). The van der Waals surface area contributed by atoms with Gasteiger partial charge in [-0.3, -0.25) is 0 Å². The average molecular weight is 441 g/mol. The van der Waals surface area contributed by atoms with Crippen LogP contribution in [-0.4, -0.2) is 0 Å². The molecule has 0 unspecified atom stereocenters. The smallest absolute Gasteiger partial charge is 0.162 e. The van der Waals surface area contributed by atoms with Crippen LogP contribution in [0, 0.1) is 29.3 Å². The third-order valence-corrected chi connectivity index (χ3v) is 7.83. The molecule has 0 spiro atoms. The lowest BCUT2D eigenvalue weighted by Crippen LogP contribution is -2.16. The Morgan fingerprint density at radius 1 is 0.781 bits per heavy atom. The molecule has 0 nitrogen and oxygen atoms in total.